The van der Waals surface area contributed by atoms with E-state index in [-0.39, 0.29) is 0 Å². The van der Waals surface area contributed by atoms with Gasteiger partial charge in [0.2, 0.25) is 0 Å². The molecule has 0 spiro atoms. The zero-order chi connectivity index (χ0) is 10.1. The van der Waals surface area contributed by atoms with Crippen molar-refractivity contribution in [2.45, 2.75) is 39.0 Å². The summed E-state index contributed by atoms with van der Waals surface area (Å²) in [5, 5.41) is 0. The Balaban J connectivity index is 2.44. The number of ketones is 1. The lowest BCUT2D eigenvalue weighted by molar-refractivity contribution is 0.0987. The fourth-order valence-corrected chi connectivity index (χ4v) is 2.45. The molecule has 2 rings (SSSR count). The third kappa shape index (κ3) is 1.37. The fourth-order valence-electron chi connectivity index (χ4n) is 2.45. The number of hydrogen-bond acceptors (Lipinski definition) is 1. The van der Waals surface area contributed by atoms with Crippen LogP contribution in [-0.2, 0) is 0 Å². The van der Waals surface area contributed by atoms with Crippen LogP contribution in [0, 0.1) is 6.92 Å². The standard InChI is InChI=1S/C13H16O/c1-3-5-10-8-12(14)13-9(2)6-4-7-11(10)13/h4,6-7,10H,3,5,8H2,1-2H3. The van der Waals surface area contributed by atoms with Gasteiger partial charge in [0.05, 0.1) is 0 Å². The van der Waals surface area contributed by atoms with Gasteiger partial charge in [-0.1, -0.05) is 31.5 Å². The predicted molar refractivity (Wildman–Crippen MR) is 57.8 cm³/mol. The highest BCUT2D eigenvalue weighted by atomic mass is 16.1. The smallest absolute Gasteiger partial charge is 0.164 e. The molecule has 0 saturated heterocycles. The highest BCUT2D eigenvalue weighted by Gasteiger charge is 2.29. The minimum absolute atomic E-state index is 0.344. The van der Waals surface area contributed by atoms with Gasteiger partial charge in [-0.05, 0) is 30.4 Å². The van der Waals surface area contributed by atoms with Crippen LogP contribution in [0.4, 0.5) is 0 Å². The summed E-state index contributed by atoms with van der Waals surface area (Å²) in [7, 11) is 0. The van der Waals surface area contributed by atoms with Gasteiger partial charge in [-0.25, -0.2) is 0 Å². The molecular weight excluding hydrogens is 172 g/mol. The predicted octanol–water partition coefficient (Wildman–Crippen LogP) is 3.47. The topological polar surface area (TPSA) is 17.1 Å². The van der Waals surface area contributed by atoms with Crippen LogP contribution in [0.25, 0.3) is 0 Å². The molecule has 0 N–H and O–H groups in total. The quantitative estimate of drug-likeness (QED) is 0.694. The van der Waals surface area contributed by atoms with Crippen LogP contribution < -0.4 is 0 Å². The van der Waals surface area contributed by atoms with Gasteiger partial charge in [-0.2, -0.15) is 0 Å². The van der Waals surface area contributed by atoms with Gasteiger partial charge in [0, 0.05) is 12.0 Å². The lowest BCUT2D eigenvalue weighted by Gasteiger charge is -2.08. The molecule has 1 nitrogen and oxygen atoms in total. The van der Waals surface area contributed by atoms with Gasteiger partial charge in [0.25, 0.3) is 0 Å². The molecule has 0 bridgehead atoms. The van der Waals surface area contributed by atoms with Crippen molar-refractivity contribution >= 4 is 5.78 Å². The summed E-state index contributed by atoms with van der Waals surface area (Å²) in [4.78, 5) is 11.8. The first kappa shape index (κ1) is 9.45. The number of benzene rings is 1. The van der Waals surface area contributed by atoms with Crippen molar-refractivity contribution in [1.82, 2.24) is 0 Å². The third-order valence-electron chi connectivity index (χ3n) is 3.09. The van der Waals surface area contributed by atoms with E-state index in [0.717, 1.165) is 30.4 Å². The molecule has 1 aromatic carbocycles. The van der Waals surface area contributed by atoms with Gasteiger partial charge < -0.3 is 0 Å². The van der Waals surface area contributed by atoms with Crippen molar-refractivity contribution in [3.05, 3.63) is 34.9 Å². The van der Waals surface area contributed by atoms with Gasteiger partial charge in [0.15, 0.2) is 5.78 Å². The highest BCUT2D eigenvalue weighted by molar-refractivity contribution is 6.02. The molecule has 14 heavy (non-hydrogen) atoms. The van der Waals surface area contributed by atoms with Crippen molar-refractivity contribution in [2.75, 3.05) is 0 Å². The van der Waals surface area contributed by atoms with Gasteiger partial charge >= 0.3 is 0 Å². The molecule has 0 fully saturated rings. The molecule has 0 amide bonds. The average Bonchev–Trinajstić information content (AvgIpc) is 2.46. The highest BCUT2D eigenvalue weighted by Crippen LogP contribution is 2.37. The van der Waals surface area contributed by atoms with Crippen LogP contribution in [0.3, 0.4) is 0 Å². The first-order valence-corrected chi connectivity index (χ1v) is 5.36. The van der Waals surface area contributed by atoms with Crippen molar-refractivity contribution in [2.24, 2.45) is 0 Å². The van der Waals surface area contributed by atoms with Gasteiger partial charge in [0.1, 0.15) is 0 Å². The fraction of sp³-hybridized carbons (Fsp3) is 0.462. The third-order valence-corrected chi connectivity index (χ3v) is 3.09. The number of Topliss-reactive ketones (excluding diaryl/α,β-unsaturated/α-hetero) is 1. The molecule has 0 heterocycles. The van der Waals surface area contributed by atoms with Crippen LogP contribution in [0.2, 0.25) is 0 Å². The van der Waals surface area contributed by atoms with E-state index in [2.05, 4.69) is 19.1 Å². The van der Waals surface area contributed by atoms with E-state index in [4.69, 9.17) is 0 Å². The Labute approximate surface area is 85.1 Å². The molecule has 1 aliphatic rings. The van der Waals surface area contributed by atoms with E-state index in [0.29, 0.717) is 11.7 Å². The number of hydrogen-bond donors (Lipinski definition) is 0. The van der Waals surface area contributed by atoms with Gasteiger partial charge in [-0.15, -0.1) is 0 Å². The summed E-state index contributed by atoms with van der Waals surface area (Å²) in [6.45, 7) is 4.21. The Morgan fingerprint density at radius 3 is 2.93 bits per heavy atom. The normalized spacial score (nSPS) is 19.9. The number of fused-ring (bicyclic) bond motifs is 1. The number of aryl methyl sites for hydroxylation is 1. The first-order chi connectivity index (χ1) is 6.74. The largest absolute Gasteiger partial charge is 0.294 e. The van der Waals surface area contributed by atoms with Crippen molar-refractivity contribution in [1.29, 1.82) is 0 Å². The maximum Gasteiger partial charge on any atom is 0.164 e. The molecule has 1 heteroatoms. The first-order valence-electron chi connectivity index (χ1n) is 5.36. The van der Waals surface area contributed by atoms with E-state index >= 15 is 0 Å². The second-order valence-electron chi connectivity index (χ2n) is 4.15. The maximum absolute atomic E-state index is 11.8. The molecule has 0 aromatic heterocycles. The second-order valence-corrected chi connectivity index (χ2v) is 4.15. The molecule has 1 atom stereocenters. The van der Waals surface area contributed by atoms with Crippen LogP contribution in [-0.4, -0.2) is 5.78 Å². The zero-order valence-electron chi connectivity index (χ0n) is 8.84. The van der Waals surface area contributed by atoms with E-state index in [1.165, 1.54) is 5.56 Å². The number of carbonyl (C=O) groups excluding carboxylic acids is 1. The van der Waals surface area contributed by atoms with E-state index in [1.54, 1.807) is 0 Å². The number of rotatable bonds is 2. The lowest BCUT2D eigenvalue weighted by Crippen LogP contribution is -1.94. The van der Waals surface area contributed by atoms with E-state index < -0.39 is 0 Å². The average molecular weight is 188 g/mol. The molecular formula is C13H16O. The lowest BCUT2D eigenvalue weighted by atomic mass is 9.95. The Hall–Kier alpha value is -1.11. The molecule has 0 radical (unpaired) electrons. The minimum atomic E-state index is 0.344. The summed E-state index contributed by atoms with van der Waals surface area (Å²) in [6, 6.07) is 6.22. The second kappa shape index (κ2) is 3.56. The van der Waals surface area contributed by atoms with Crippen molar-refractivity contribution < 1.29 is 4.79 Å². The van der Waals surface area contributed by atoms with E-state index in [9.17, 15) is 4.79 Å². The Kier molecular flexibility index (Phi) is 2.40. The molecule has 1 aliphatic carbocycles. The molecule has 0 saturated carbocycles. The summed E-state index contributed by atoms with van der Waals surface area (Å²) >= 11 is 0. The summed E-state index contributed by atoms with van der Waals surface area (Å²) < 4.78 is 0. The molecule has 74 valence electrons. The van der Waals surface area contributed by atoms with Crippen molar-refractivity contribution in [3.63, 3.8) is 0 Å². The Morgan fingerprint density at radius 2 is 2.21 bits per heavy atom. The summed E-state index contributed by atoms with van der Waals surface area (Å²) in [5.74, 6) is 0.832. The van der Waals surface area contributed by atoms with Crippen LogP contribution >= 0.6 is 0 Å². The monoisotopic (exact) mass is 188 g/mol. The minimum Gasteiger partial charge on any atom is -0.294 e. The SMILES string of the molecule is CCCC1CC(=O)c2c(C)cccc21. The number of carbonyl (C=O) groups is 1. The van der Waals surface area contributed by atoms with Crippen LogP contribution in [0.5, 0.6) is 0 Å². The summed E-state index contributed by atoms with van der Waals surface area (Å²) in [5.41, 5.74) is 3.44. The molecule has 0 aliphatic heterocycles. The summed E-state index contributed by atoms with van der Waals surface area (Å²) in [6.07, 6.45) is 3.03. The molecule has 1 unspecified atom stereocenters. The molecule has 1 aromatic rings. The van der Waals surface area contributed by atoms with E-state index in [1.807, 2.05) is 13.0 Å². The van der Waals surface area contributed by atoms with Crippen molar-refractivity contribution in [3.8, 4) is 0 Å². The maximum atomic E-state index is 11.8. The zero-order valence-corrected chi connectivity index (χ0v) is 8.84. The Morgan fingerprint density at radius 1 is 1.43 bits per heavy atom. The Bertz CT molecular complexity index is 365. The van der Waals surface area contributed by atoms with Crippen LogP contribution in [0.15, 0.2) is 18.2 Å². The van der Waals surface area contributed by atoms with Gasteiger partial charge in [-0.3, -0.25) is 4.79 Å². The van der Waals surface area contributed by atoms with Crippen LogP contribution in [0.1, 0.15) is 53.6 Å².